The van der Waals surface area contributed by atoms with Crippen LogP contribution in [-0.2, 0) is 16.0 Å². The molecular formula is C14H21NO2. The number of nitrogens with two attached hydrogens (primary N) is 1. The molecule has 0 aromatic heterocycles. The Balaban J connectivity index is 2.88. The van der Waals surface area contributed by atoms with E-state index >= 15 is 0 Å². The van der Waals surface area contributed by atoms with Crippen LogP contribution in [0, 0.1) is 5.41 Å². The molecule has 1 aromatic carbocycles. The van der Waals surface area contributed by atoms with Crippen molar-refractivity contribution in [2.24, 2.45) is 11.1 Å². The van der Waals surface area contributed by atoms with E-state index in [1.165, 1.54) is 0 Å². The summed E-state index contributed by atoms with van der Waals surface area (Å²) in [7, 11) is 0. The first-order valence-electron chi connectivity index (χ1n) is 6.09. The van der Waals surface area contributed by atoms with Crippen molar-refractivity contribution in [2.75, 3.05) is 13.2 Å². The summed E-state index contributed by atoms with van der Waals surface area (Å²) < 4.78 is 5.14. The molecule has 0 aliphatic heterocycles. The molecule has 0 spiro atoms. The fourth-order valence-electron chi connectivity index (χ4n) is 1.91. The second-order valence-corrected chi connectivity index (χ2v) is 4.22. The van der Waals surface area contributed by atoms with Crippen LogP contribution in [0.5, 0.6) is 0 Å². The maximum Gasteiger partial charge on any atom is 0.313 e. The number of hydrogen-bond acceptors (Lipinski definition) is 3. The summed E-state index contributed by atoms with van der Waals surface area (Å²) in [5.41, 5.74) is 6.33. The zero-order chi connectivity index (χ0) is 12.7. The van der Waals surface area contributed by atoms with Crippen LogP contribution in [0.25, 0.3) is 0 Å². The maximum absolute atomic E-state index is 12.0. The van der Waals surface area contributed by atoms with Gasteiger partial charge < -0.3 is 10.5 Å². The second kappa shape index (κ2) is 6.40. The molecule has 0 fully saturated rings. The molecule has 17 heavy (non-hydrogen) atoms. The van der Waals surface area contributed by atoms with Gasteiger partial charge in [0.25, 0.3) is 0 Å². The van der Waals surface area contributed by atoms with Crippen molar-refractivity contribution in [2.45, 2.75) is 26.7 Å². The monoisotopic (exact) mass is 235 g/mol. The molecule has 0 saturated heterocycles. The summed E-state index contributed by atoms with van der Waals surface area (Å²) in [4.78, 5) is 12.0. The van der Waals surface area contributed by atoms with E-state index in [0.29, 0.717) is 26.0 Å². The van der Waals surface area contributed by atoms with E-state index in [0.717, 1.165) is 5.56 Å². The predicted octanol–water partition coefficient (Wildman–Crippen LogP) is 2.15. The average molecular weight is 235 g/mol. The molecule has 3 heteroatoms. The van der Waals surface area contributed by atoms with Crippen LogP contribution in [0.3, 0.4) is 0 Å². The zero-order valence-electron chi connectivity index (χ0n) is 10.6. The molecule has 0 saturated carbocycles. The van der Waals surface area contributed by atoms with Gasteiger partial charge in [-0.3, -0.25) is 4.79 Å². The quantitative estimate of drug-likeness (QED) is 0.769. The van der Waals surface area contributed by atoms with Crippen molar-refractivity contribution in [3.05, 3.63) is 35.9 Å². The molecule has 1 aromatic rings. The predicted molar refractivity (Wildman–Crippen MR) is 68.6 cm³/mol. The number of hydrogen-bond donors (Lipinski definition) is 1. The van der Waals surface area contributed by atoms with Crippen molar-refractivity contribution in [3.63, 3.8) is 0 Å². The minimum absolute atomic E-state index is 0.186. The Bertz CT molecular complexity index is 344. The Labute approximate surface area is 103 Å². The van der Waals surface area contributed by atoms with Crippen LogP contribution in [0.1, 0.15) is 25.8 Å². The molecule has 0 radical (unpaired) electrons. The highest BCUT2D eigenvalue weighted by molar-refractivity contribution is 5.77. The summed E-state index contributed by atoms with van der Waals surface area (Å²) in [6.45, 7) is 4.51. The molecule has 1 unspecified atom stereocenters. The smallest absolute Gasteiger partial charge is 0.313 e. The number of carbonyl (C=O) groups excluding carboxylic acids is 1. The lowest BCUT2D eigenvalue weighted by Gasteiger charge is -2.28. The summed E-state index contributed by atoms with van der Waals surface area (Å²) >= 11 is 0. The van der Waals surface area contributed by atoms with Gasteiger partial charge in [-0.05, 0) is 25.3 Å². The first kappa shape index (κ1) is 13.7. The molecule has 0 bridgehead atoms. The van der Waals surface area contributed by atoms with Crippen LogP contribution >= 0.6 is 0 Å². The van der Waals surface area contributed by atoms with Gasteiger partial charge in [0.15, 0.2) is 0 Å². The number of esters is 1. The summed E-state index contributed by atoms with van der Waals surface area (Å²) in [5.74, 6) is -0.186. The fraction of sp³-hybridized carbons (Fsp3) is 0.500. The van der Waals surface area contributed by atoms with E-state index in [4.69, 9.17) is 10.5 Å². The van der Waals surface area contributed by atoms with Crippen molar-refractivity contribution in [3.8, 4) is 0 Å². The zero-order valence-corrected chi connectivity index (χ0v) is 10.6. The summed E-state index contributed by atoms with van der Waals surface area (Å²) in [6, 6.07) is 9.93. The van der Waals surface area contributed by atoms with Crippen molar-refractivity contribution in [1.82, 2.24) is 0 Å². The molecule has 94 valence electrons. The third-order valence-electron chi connectivity index (χ3n) is 3.16. The van der Waals surface area contributed by atoms with Crippen molar-refractivity contribution in [1.29, 1.82) is 0 Å². The van der Waals surface area contributed by atoms with Crippen molar-refractivity contribution >= 4 is 5.97 Å². The highest BCUT2D eigenvalue weighted by Gasteiger charge is 2.36. The lowest BCUT2D eigenvalue weighted by atomic mass is 9.79. The number of carbonyl (C=O) groups is 1. The van der Waals surface area contributed by atoms with E-state index < -0.39 is 5.41 Å². The molecule has 0 aliphatic rings. The molecule has 0 heterocycles. The first-order chi connectivity index (χ1) is 8.18. The molecule has 0 amide bonds. The van der Waals surface area contributed by atoms with E-state index in [2.05, 4.69) is 0 Å². The Morgan fingerprint density at radius 3 is 2.41 bits per heavy atom. The Kier molecular flexibility index (Phi) is 5.16. The van der Waals surface area contributed by atoms with Gasteiger partial charge in [0.05, 0.1) is 12.0 Å². The van der Waals surface area contributed by atoms with E-state index in [9.17, 15) is 4.79 Å². The van der Waals surface area contributed by atoms with Gasteiger partial charge in [-0.25, -0.2) is 0 Å². The van der Waals surface area contributed by atoms with Gasteiger partial charge in [0, 0.05) is 6.54 Å². The third kappa shape index (κ3) is 3.30. The largest absolute Gasteiger partial charge is 0.466 e. The maximum atomic E-state index is 12.0. The van der Waals surface area contributed by atoms with Crippen LogP contribution in [0.2, 0.25) is 0 Å². The van der Waals surface area contributed by atoms with Gasteiger partial charge in [0.1, 0.15) is 0 Å². The van der Waals surface area contributed by atoms with E-state index in [1.807, 2.05) is 44.2 Å². The van der Waals surface area contributed by atoms with Gasteiger partial charge in [0.2, 0.25) is 0 Å². The van der Waals surface area contributed by atoms with Gasteiger partial charge in [-0.15, -0.1) is 0 Å². The fourth-order valence-corrected chi connectivity index (χ4v) is 1.91. The minimum atomic E-state index is -0.586. The molecule has 1 atom stereocenters. The van der Waals surface area contributed by atoms with E-state index in [1.54, 1.807) is 0 Å². The SMILES string of the molecule is CCOC(=O)C(CC)(CN)Cc1ccccc1. The standard InChI is InChI=1S/C14H21NO2/c1-3-14(11-15,13(16)17-4-2)10-12-8-6-5-7-9-12/h5-9H,3-4,10-11,15H2,1-2H3. The summed E-state index contributed by atoms with van der Waals surface area (Å²) in [5, 5.41) is 0. The van der Waals surface area contributed by atoms with Gasteiger partial charge >= 0.3 is 5.97 Å². The van der Waals surface area contributed by atoms with Gasteiger partial charge in [-0.2, -0.15) is 0 Å². The first-order valence-corrected chi connectivity index (χ1v) is 6.09. The van der Waals surface area contributed by atoms with Crippen molar-refractivity contribution < 1.29 is 9.53 Å². The van der Waals surface area contributed by atoms with Crippen LogP contribution in [0.4, 0.5) is 0 Å². The highest BCUT2D eigenvalue weighted by Crippen LogP contribution is 2.27. The Morgan fingerprint density at radius 2 is 1.94 bits per heavy atom. The van der Waals surface area contributed by atoms with Gasteiger partial charge in [-0.1, -0.05) is 37.3 Å². The lowest BCUT2D eigenvalue weighted by Crippen LogP contribution is -2.41. The topological polar surface area (TPSA) is 52.3 Å². The average Bonchev–Trinajstić information content (AvgIpc) is 2.37. The van der Waals surface area contributed by atoms with Crippen LogP contribution < -0.4 is 5.73 Å². The summed E-state index contributed by atoms with van der Waals surface area (Å²) in [6.07, 6.45) is 1.33. The lowest BCUT2D eigenvalue weighted by molar-refractivity contribution is -0.155. The Morgan fingerprint density at radius 1 is 1.29 bits per heavy atom. The third-order valence-corrected chi connectivity index (χ3v) is 3.16. The molecule has 2 N–H and O–H groups in total. The Hall–Kier alpha value is -1.35. The molecule has 1 rings (SSSR count). The number of benzene rings is 1. The number of ether oxygens (including phenoxy) is 1. The normalized spacial score (nSPS) is 14.1. The second-order valence-electron chi connectivity index (χ2n) is 4.22. The number of rotatable bonds is 6. The highest BCUT2D eigenvalue weighted by atomic mass is 16.5. The van der Waals surface area contributed by atoms with E-state index in [-0.39, 0.29) is 5.97 Å². The van der Waals surface area contributed by atoms with Crippen LogP contribution in [-0.4, -0.2) is 19.1 Å². The van der Waals surface area contributed by atoms with Crippen LogP contribution in [0.15, 0.2) is 30.3 Å². The molecule has 0 aliphatic carbocycles. The molecule has 3 nitrogen and oxygen atoms in total. The molecular weight excluding hydrogens is 214 g/mol. The minimum Gasteiger partial charge on any atom is -0.466 e.